The van der Waals surface area contributed by atoms with Crippen molar-refractivity contribution in [3.63, 3.8) is 0 Å². The molecule has 1 atom stereocenters. The molecular formula is C17H18N2O4. The van der Waals surface area contributed by atoms with Gasteiger partial charge >= 0.3 is 0 Å². The Morgan fingerprint density at radius 1 is 1.30 bits per heavy atom. The molecule has 6 nitrogen and oxygen atoms in total. The number of hydrogen-bond donors (Lipinski definition) is 2. The molecule has 0 spiro atoms. The van der Waals surface area contributed by atoms with Crippen LogP contribution in [0.3, 0.4) is 0 Å². The zero-order valence-electron chi connectivity index (χ0n) is 12.6. The predicted molar refractivity (Wildman–Crippen MR) is 84.2 cm³/mol. The second-order valence-corrected chi connectivity index (χ2v) is 5.49. The number of rotatable bonds is 4. The largest absolute Gasteiger partial charge is 0.459 e. The Morgan fingerprint density at radius 2 is 2.17 bits per heavy atom. The summed E-state index contributed by atoms with van der Waals surface area (Å²) in [6, 6.07) is 9.86. The molecular weight excluding hydrogens is 296 g/mol. The van der Waals surface area contributed by atoms with Crippen LogP contribution in [-0.2, 0) is 0 Å². The third-order valence-corrected chi connectivity index (χ3v) is 3.96. The normalized spacial score (nSPS) is 17.3. The molecule has 1 aromatic carbocycles. The highest BCUT2D eigenvalue weighted by Gasteiger charge is 2.28. The highest BCUT2D eigenvalue weighted by atomic mass is 16.3. The number of amides is 2. The molecule has 1 aliphatic rings. The summed E-state index contributed by atoms with van der Waals surface area (Å²) in [6.07, 6.45) is 3.14. The van der Waals surface area contributed by atoms with Gasteiger partial charge in [-0.25, -0.2) is 0 Å². The smallest absolute Gasteiger partial charge is 0.291 e. The fraction of sp³-hybridized carbons (Fsp3) is 0.294. The highest BCUT2D eigenvalue weighted by Crippen LogP contribution is 2.21. The van der Waals surface area contributed by atoms with Gasteiger partial charge in [0, 0.05) is 17.8 Å². The number of furan rings is 1. The van der Waals surface area contributed by atoms with E-state index in [4.69, 9.17) is 4.42 Å². The Labute approximate surface area is 133 Å². The molecule has 1 aliphatic heterocycles. The third-order valence-electron chi connectivity index (χ3n) is 3.96. The topological polar surface area (TPSA) is 82.8 Å². The van der Waals surface area contributed by atoms with Gasteiger partial charge in [-0.15, -0.1) is 0 Å². The molecule has 0 unspecified atom stereocenters. The van der Waals surface area contributed by atoms with Crippen molar-refractivity contribution in [3.05, 3.63) is 54.0 Å². The summed E-state index contributed by atoms with van der Waals surface area (Å²) in [5.74, 6) is -0.286. The first-order valence-corrected chi connectivity index (χ1v) is 7.56. The Bertz CT molecular complexity index is 696. The van der Waals surface area contributed by atoms with Crippen LogP contribution in [0.4, 0.5) is 5.69 Å². The summed E-state index contributed by atoms with van der Waals surface area (Å²) in [5, 5.41) is 12.1. The van der Waals surface area contributed by atoms with Gasteiger partial charge in [0.25, 0.3) is 11.8 Å². The number of carbonyl (C=O) groups excluding carboxylic acids is 2. The standard InChI is InChI=1S/C17H18N2O4/c20-11-14-6-2-8-19(14)17(22)12-4-1-5-13(10-12)18-16(21)15-7-3-9-23-15/h1,3-5,7,9-10,14,20H,2,6,8,11H2,(H,18,21)/t14-/m1/s1. The number of hydrogen-bond acceptors (Lipinski definition) is 4. The maximum Gasteiger partial charge on any atom is 0.291 e. The molecule has 120 valence electrons. The van der Waals surface area contributed by atoms with Crippen LogP contribution in [0.25, 0.3) is 0 Å². The van der Waals surface area contributed by atoms with E-state index >= 15 is 0 Å². The Morgan fingerprint density at radius 3 is 2.91 bits per heavy atom. The van der Waals surface area contributed by atoms with Crippen molar-refractivity contribution >= 4 is 17.5 Å². The maximum absolute atomic E-state index is 12.6. The van der Waals surface area contributed by atoms with E-state index in [1.165, 1.54) is 6.26 Å². The van der Waals surface area contributed by atoms with Crippen molar-refractivity contribution in [2.75, 3.05) is 18.5 Å². The molecule has 0 aliphatic carbocycles. The summed E-state index contributed by atoms with van der Waals surface area (Å²) in [5.41, 5.74) is 1.01. The molecule has 2 aromatic rings. The van der Waals surface area contributed by atoms with Crippen molar-refractivity contribution in [3.8, 4) is 0 Å². The van der Waals surface area contributed by atoms with Crippen LogP contribution in [0.1, 0.15) is 33.8 Å². The minimum absolute atomic E-state index is 0.0271. The van der Waals surface area contributed by atoms with E-state index in [1.807, 2.05) is 0 Å². The lowest BCUT2D eigenvalue weighted by atomic mass is 10.1. The third kappa shape index (κ3) is 3.27. The number of nitrogens with zero attached hydrogens (tertiary/aromatic N) is 1. The number of benzene rings is 1. The van der Waals surface area contributed by atoms with E-state index in [-0.39, 0.29) is 30.2 Å². The lowest BCUT2D eigenvalue weighted by Gasteiger charge is -2.23. The zero-order valence-corrected chi connectivity index (χ0v) is 12.6. The molecule has 23 heavy (non-hydrogen) atoms. The van der Waals surface area contributed by atoms with Crippen molar-refractivity contribution in [2.24, 2.45) is 0 Å². The fourth-order valence-electron chi connectivity index (χ4n) is 2.79. The molecule has 1 fully saturated rings. The molecule has 0 bridgehead atoms. The quantitative estimate of drug-likeness (QED) is 0.905. The Kier molecular flexibility index (Phi) is 4.43. The summed E-state index contributed by atoms with van der Waals surface area (Å²) in [7, 11) is 0. The first-order valence-electron chi connectivity index (χ1n) is 7.56. The molecule has 0 radical (unpaired) electrons. The van der Waals surface area contributed by atoms with Crippen molar-refractivity contribution in [1.29, 1.82) is 0 Å². The van der Waals surface area contributed by atoms with Gasteiger partial charge in [0.2, 0.25) is 0 Å². The van der Waals surface area contributed by atoms with Crippen molar-refractivity contribution in [2.45, 2.75) is 18.9 Å². The Hall–Kier alpha value is -2.60. The van der Waals surface area contributed by atoms with Crippen LogP contribution in [0.15, 0.2) is 47.1 Å². The fourth-order valence-corrected chi connectivity index (χ4v) is 2.79. The first kappa shape index (κ1) is 15.3. The number of aliphatic hydroxyl groups excluding tert-OH is 1. The minimum Gasteiger partial charge on any atom is -0.459 e. The number of aliphatic hydroxyl groups is 1. The summed E-state index contributed by atoms with van der Waals surface area (Å²) in [6.45, 7) is 0.619. The van der Waals surface area contributed by atoms with Crippen LogP contribution in [-0.4, -0.2) is 41.0 Å². The van der Waals surface area contributed by atoms with Crippen LogP contribution >= 0.6 is 0 Å². The molecule has 3 rings (SSSR count). The second kappa shape index (κ2) is 6.66. The van der Waals surface area contributed by atoms with Crippen molar-refractivity contribution in [1.82, 2.24) is 4.90 Å². The lowest BCUT2D eigenvalue weighted by Crippen LogP contribution is -2.37. The first-order chi connectivity index (χ1) is 11.2. The predicted octanol–water partition coefficient (Wildman–Crippen LogP) is 2.13. The van der Waals surface area contributed by atoms with Crippen molar-refractivity contribution < 1.29 is 19.1 Å². The Balaban J connectivity index is 1.74. The van der Waals surface area contributed by atoms with E-state index in [2.05, 4.69) is 5.32 Å². The second-order valence-electron chi connectivity index (χ2n) is 5.49. The maximum atomic E-state index is 12.6. The molecule has 0 saturated carbocycles. The van der Waals surface area contributed by atoms with Crippen LogP contribution in [0.2, 0.25) is 0 Å². The monoisotopic (exact) mass is 314 g/mol. The van der Waals surface area contributed by atoms with Gasteiger partial charge in [0.1, 0.15) is 0 Å². The zero-order chi connectivity index (χ0) is 16.2. The van der Waals surface area contributed by atoms with E-state index in [1.54, 1.807) is 41.3 Å². The highest BCUT2D eigenvalue weighted by molar-refractivity contribution is 6.03. The number of carbonyl (C=O) groups is 2. The van der Waals surface area contributed by atoms with Gasteiger partial charge < -0.3 is 19.7 Å². The number of nitrogens with one attached hydrogen (secondary N) is 1. The summed E-state index contributed by atoms with van der Waals surface area (Å²) in [4.78, 5) is 26.2. The molecule has 2 amide bonds. The molecule has 1 aromatic heterocycles. The van der Waals surface area contributed by atoms with E-state index < -0.39 is 0 Å². The van der Waals surface area contributed by atoms with E-state index in [9.17, 15) is 14.7 Å². The average molecular weight is 314 g/mol. The van der Waals surface area contributed by atoms with E-state index in [0.29, 0.717) is 17.8 Å². The summed E-state index contributed by atoms with van der Waals surface area (Å²) < 4.78 is 5.04. The lowest BCUT2D eigenvalue weighted by molar-refractivity contribution is 0.0677. The number of anilines is 1. The SMILES string of the molecule is O=C(Nc1cccc(C(=O)N2CCC[C@@H]2CO)c1)c1ccco1. The van der Waals surface area contributed by atoms with Gasteiger partial charge in [-0.3, -0.25) is 9.59 Å². The van der Waals surface area contributed by atoms with Gasteiger partial charge in [-0.1, -0.05) is 6.07 Å². The van der Waals surface area contributed by atoms with Gasteiger partial charge in [-0.2, -0.15) is 0 Å². The van der Waals surface area contributed by atoms with Crippen LogP contribution < -0.4 is 5.32 Å². The average Bonchev–Trinajstić information content (AvgIpc) is 3.25. The van der Waals surface area contributed by atoms with Crippen LogP contribution in [0, 0.1) is 0 Å². The molecule has 2 N–H and O–H groups in total. The van der Waals surface area contributed by atoms with Gasteiger partial charge in [0.05, 0.1) is 18.9 Å². The number of likely N-dealkylation sites (tertiary alicyclic amines) is 1. The molecule has 6 heteroatoms. The summed E-state index contributed by atoms with van der Waals surface area (Å²) >= 11 is 0. The van der Waals surface area contributed by atoms with Crippen LogP contribution in [0.5, 0.6) is 0 Å². The molecule has 2 heterocycles. The molecule has 1 saturated heterocycles. The van der Waals surface area contributed by atoms with Gasteiger partial charge in [0.15, 0.2) is 5.76 Å². The van der Waals surface area contributed by atoms with Gasteiger partial charge in [-0.05, 0) is 43.2 Å². The minimum atomic E-state index is -0.367. The van der Waals surface area contributed by atoms with E-state index in [0.717, 1.165) is 12.8 Å².